The number of benzene rings is 2. The van der Waals surface area contributed by atoms with Crippen LogP contribution in [0.5, 0.6) is 5.75 Å². The van der Waals surface area contributed by atoms with Crippen molar-refractivity contribution in [3.63, 3.8) is 0 Å². The Morgan fingerprint density at radius 2 is 1.78 bits per heavy atom. The molecule has 1 amide bonds. The van der Waals surface area contributed by atoms with Crippen LogP contribution in [-0.2, 0) is 15.0 Å². The van der Waals surface area contributed by atoms with Crippen molar-refractivity contribution in [1.29, 1.82) is 5.26 Å². The number of carbonyl (C=O) groups is 2. The first-order valence-electron chi connectivity index (χ1n) is 9.06. The summed E-state index contributed by atoms with van der Waals surface area (Å²) in [5.41, 5.74) is 2.28. The number of hydrogen-bond acceptors (Lipinski definition) is 4. The molecule has 3 rings (SSSR count). The molecule has 0 unspecified atom stereocenters. The Bertz CT molecular complexity index is 904. The van der Waals surface area contributed by atoms with Crippen molar-refractivity contribution in [3.8, 4) is 11.8 Å². The molecule has 1 aliphatic carbocycles. The van der Waals surface area contributed by atoms with Crippen molar-refractivity contribution in [2.24, 2.45) is 0 Å². The number of anilines is 1. The quantitative estimate of drug-likeness (QED) is 0.652. The lowest BCUT2D eigenvalue weighted by molar-refractivity contribution is -0.131. The van der Waals surface area contributed by atoms with E-state index in [4.69, 9.17) is 4.74 Å². The van der Waals surface area contributed by atoms with E-state index in [1.807, 2.05) is 31.2 Å². The Morgan fingerprint density at radius 3 is 2.37 bits per heavy atom. The molecule has 0 aromatic heterocycles. The van der Waals surface area contributed by atoms with Gasteiger partial charge in [-0.05, 0) is 37.5 Å². The third-order valence-corrected chi connectivity index (χ3v) is 5.12. The summed E-state index contributed by atoms with van der Waals surface area (Å²) < 4.78 is 5.01. The molecule has 1 aliphatic rings. The number of esters is 1. The van der Waals surface area contributed by atoms with Gasteiger partial charge in [-0.15, -0.1) is 0 Å². The Labute approximate surface area is 159 Å². The zero-order valence-corrected chi connectivity index (χ0v) is 15.5. The summed E-state index contributed by atoms with van der Waals surface area (Å²) in [6.45, 7) is 3.32. The van der Waals surface area contributed by atoms with Gasteiger partial charge < -0.3 is 10.1 Å². The van der Waals surface area contributed by atoms with E-state index in [0.29, 0.717) is 5.69 Å². The summed E-state index contributed by atoms with van der Waals surface area (Å²) in [6.07, 6.45) is 3.57. The fraction of sp³-hybridized carbons (Fsp3) is 0.318. The Kier molecular flexibility index (Phi) is 5.27. The van der Waals surface area contributed by atoms with E-state index in [0.717, 1.165) is 36.8 Å². The number of rotatable bonds is 4. The van der Waals surface area contributed by atoms with E-state index in [-0.39, 0.29) is 17.2 Å². The maximum atomic E-state index is 13.2. The number of hydrogen-bond donors (Lipinski definition) is 1. The molecule has 1 saturated carbocycles. The zero-order chi connectivity index (χ0) is 19.4. The number of nitrogens with zero attached hydrogens (tertiary/aromatic N) is 1. The summed E-state index contributed by atoms with van der Waals surface area (Å²) in [4.78, 5) is 24.3. The molecule has 0 bridgehead atoms. The molecule has 1 fully saturated rings. The van der Waals surface area contributed by atoms with Gasteiger partial charge in [-0.25, -0.2) is 0 Å². The van der Waals surface area contributed by atoms with Crippen molar-refractivity contribution >= 4 is 17.6 Å². The van der Waals surface area contributed by atoms with Gasteiger partial charge in [0.05, 0.1) is 16.7 Å². The standard InChI is InChI=1S/C22H22N2O3/c1-15-5-7-18(8-6-15)22(11-3-4-12-22)21(26)24-20-10-9-19(27-16(2)25)13-17(20)14-23/h5-10,13H,3-4,11-12H2,1-2H3,(H,24,26). The van der Waals surface area contributed by atoms with E-state index < -0.39 is 11.4 Å². The minimum Gasteiger partial charge on any atom is -0.427 e. The second-order valence-electron chi connectivity index (χ2n) is 7.02. The molecule has 2 aromatic rings. The van der Waals surface area contributed by atoms with Crippen LogP contribution in [0, 0.1) is 18.3 Å². The summed E-state index contributed by atoms with van der Waals surface area (Å²) >= 11 is 0. The van der Waals surface area contributed by atoms with Crippen LogP contribution >= 0.6 is 0 Å². The van der Waals surface area contributed by atoms with Gasteiger partial charge in [-0.3, -0.25) is 9.59 Å². The maximum Gasteiger partial charge on any atom is 0.308 e. The number of ether oxygens (including phenoxy) is 1. The molecule has 2 aromatic carbocycles. The van der Waals surface area contributed by atoms with Gasteiger partial charge >= 0.3 is 5.97 Å². The minimum atomic E-state index is -0.574. The second-order valence-corrected chi connectivity index (χ2v) is 7.02. The van der Waals surface area contributed by atoms with Gasteiger partial charge in [0.15, 0.2) is 0 Å². The van der Waals surface area contributed by atoms with E-state index >= 15 is 0 Å². The first-order valence-corrected chi connectivity index (χ1v) is 9.06. The highest BCUT2D eigenvalue weighted by Crippen LogP contribution is 2.42. The molecule has 27 heavy (non-hydrogen) atoms. The number of amides is 1. The first-order chi connectivity index (χ1) is 12.9. The lowest BCUT2D eigenvalue weighted by Crippen LogP contribution is -2.38. The lowest BCUT2D eigenvalue weighted by atomic mass is 9.77. The molecule has 5 heteroatoms. The van der Waals surface area contributed by atoms with E-state index in [1.165, 1.54) is 13.0 Å². The van der Waals surface area contributed by atoms with Crippen LogP contribution in [0.3, 0.4) is 0 Å². The molecular weight excluding hydrogens is 340 g/mol. The van der Waals surface area contributed by atoms with Crippen LogP contribution in [0.2, 0.25) is 0 Å². The fourth-order valence-corrected chi connectivity index (χ4v) is 3.69. The van der Waals surface area contributed by atoms with Crippen molar-refractivity contribution < 1.29 is 14.3 Å². The minimum absolute atomic E-state index is 0.0967. The molecule has 0 aliphatic heterocycles. The summed E-state index contributed by atoms with van der Waals surface area (Å²) in [6, 6.07) is 14.8. The highest BCUT2D eigenvalue weighted by Gasteiger charge is 2.42. The highest BCUT2D eigenvalue weighted by molar-refractivity contribution is 6.00. The molecular formula is C22H22N2O3. The first kappa shape index (κ1) is 18.7. The molecule has 0 spiro atoms. The van der Waals surface area contributed by atoms with Crippen LogP contribution < -0.4 is 10.1 Å². The lowest BCUT2D eigenvalue weighted by Gasteiger charge is -2.28. The van der Waals surface area contributed by atoms with Crippen LogP contribution in [0.1, 0.15) is 49.3 Å². The number of aryl methyl sites for hydroxylation is 1. The van der Waals surface area contributed by atoms with E-state index in [1.54, 1.807) is 12.1 Å². The highest BCUT2D eigenvalue weighted by atomic mass is 16.5. The molecule has 0 saturated heterocycles. The van der Waals surface area contributed by atoms with Crippen molar-refractivity contribution in [1.82, 2.24) is 0 Å². The van der Waals surface area contributed by atoms with Gasteiger partial charge in [0.2, 0.25) is 5.91 Å². The maximum absolute atomic E-state index is 13.2. The molecule has 5 nitrogen and oxygen atoms in total. The average molecular weight is 362 g/mol. The molecule has 138 valence electrons. The third kappa shape index (κ3) is 3.85. The smallest absolute Gasteiger partial charge is 0.308 e. The van der Waals surface area contributed by atoms with Gasteiger partial charge in [-0.2, -0.15) is 5.26 Å². The van der Waals surface area contributed by atoms with Crippen molar-refractivity contribution in [3.05, 3.63) is 59.2 Å². The Balaban J connectivity index is 1.90. The number of nitriles is 1. The van der Waals surface area contributed by atoms with Crippen molar-refractivity contribution in [2.45, 2.75) is 44.9 Å². The molecule has 0 atom stereocenters. The largest absolute Gasteiger partial charge is 0.427 e. The summed E-state index contributed by atoms with van der Waals surface area (Å²) in [7, 11) is 0. The Hall–Kier alpha value is -3.13. The number of nitrogens with one attached hydrogen (secondary N) is 1. The third-order valence-electron chi connectivity index (χ3n) is 5.12. The van der Waals surface area contributed by atoms with E-state index in [2.05, 4.69) is 11.4 Å². The molecule has 0 heterocycles. The average Bonchev–Trinajstić information content (AvgIpc) is 3.14. The second kappa shape index (κ2) is 7.63. The van der Waals surface area contributed by atoms with Gasteiger partial charge in [0, 0.05) is 13.0 Å². The normalized spacial score (nSPS) is 15.0. The van der Waals surface area contributed by atoms with Crippen molar-refractivity contribution in [2.75, 3.05) is 5.32 Å². The van der Waals surface area contributed by atoms with Gasteiger partial charge in [-0.1, -0.05) is 42.7 Å². The van der Waals surface area contributed by atoms with E-state index in [9.17, 15) is 14.9 Å². The predicted molar refractivity (Wildman–Crippen MR) is 102 cm³/mol. The van der Waals surface area contributed by atoms with Crippen LogP contribution in [-0.4, -0.2) is 11.9 Å². The molecule has 0 radical (unpaired) electrons. The van der Waals surface area contributed by atoms with Crippen LogP contribution in [0.25, 0.3) is 0 Å². The predicted octanol–water partition coefficient (Wildman–Crippen LogP) is 4.24. The van der Waals surface area contributed by atoms with Gasteiger partial charge in [0.1, 0.15) is 11.8 Å². The zero-order valence-electron chi connectivity index (χ0n) is 15.5. The topological polar surface area (TPSA) is 79.2 Å². The Morgan fingerprint density at radius 1 is 1.11 bits per heavy atom. The SMILES string of the molecule is CC(=O)Oc1ccc(NC(=O)C2(c3ccc(C)cc3)CCCC2)c(C#N)c1. The molecule has 1 N–H and O–H groups in total. The van der Waals surface area contributed by atoms with Gasteiger partial charge in [0.25, 0.3) is 0 Å². The monoisotopic (exact) mass is 362 g/mol. The summed E-state index contributed by atoms with van der Waals surface area (Å²) in [5.74, 6) is -0.272. The van der Waals surface area contributed by atoms with Crippen LogP contribution in [0.15, 0.2) is 42.5 Å². The number of carbonyl (C=O) groups excluding carboxylic acids is 2. The summed E-state index contributed by atoms with van der Waals surface area (Å²) in [5, 5.41) is 12.4. The van der Waals surface area contributed by atoms with Crippen LogP contribution in [0.4, 0.5) is 5.69 Å². The fourth-order valence-electron chi connectivity index (χ4n) is 3.69.